The fourth-order valence-electron chi connectivity index (χ4n) is 5.78. The van der Waals surface area contributed by atoms with Crippen molar-refractivity contribution in [1.29, 1.82) is 5.41 Å². The number of rotatable bonds is 7. The van der Waals surface area contributed by atoms with Crippen molar-refractivity contribution >= 4 is 17.0 Å². The van der Waals surface area contributed by atoms with Crippen molar-refractivity contribution < 1.29 is 0 Å². The van der Waals surface area contributed by atoms with Crippen LogP contribution < -0.4 is 11.3 Å². The van der Waals surface area contributed by atoms with Gasteiger partial charge in [-0.3, -0.25) is 15.1 Å². The van der Waals surface area contributed by atoms with Crippen LogP contribution in [-0.2, 0) is 6.54 Å². The lowest BCUT2D eigenvalue weighted by atomic mass is 9.94. The Morgan fingerprint density at radius 3 is 2.55 bits per heavy atom. The highest BCUT2D eigenvalue weighted by Crippen LogP contribution is 2.25. The monoisotopic (exact) mass is 452 g/mol. The lowest BCUT2D eigenvalue weighted by molar-refractivity contribution is 0.101. The van der Waals surface area contributed by atoms with Gasteiger partial charge in [0, 0.05) is 37.6 Å². The molecule has 2 saturated heterocycles. The molecule has 0 spiro atoms. The first kappa shape index (κ1) is 23.7. The number of aromatic nitrogens is 2. The number of nitrogens with two attached hydrogens (primary N) is 1. The minimum absolute atomic E-state index is 0.0214. The Morgan fingerprint density at radius 2 is 1.79 bits per heavy atom. The lowest BCUT2D eigenvalue weighted by Gasteiger charge is -2.39. The van der Waals surface area contributed by atoms with Crippen molar-refractivity contribution in [3.63, 3.8) is 0 Å². The van der Waals surface area contributed by atoms with Crippen molar-refractivity contribution in [3.8, 4) is 0 Å². The van der Waals surface area contributed by atoms with Gasteiger partial charge in [-0.15, -0.1) is 0 Å². The number of hydrogen-bond acceptors (Lipinski definition) is 4. The molecule has 180 valence electrons. The largest absolute Gasteiger partial charge is 0.370 e. The van der Waals surface area contributed by atoms with Crippen LogP contribution in [0.15, 0.2) is 29.1 Å². The van der Waals surface area contributed by atoms with E-state index in [0.29, 0.717) is 24.3 Å². The number of nitrogens with one attached hydrogen (secondary N) is 1. The van der Waals surface area contributed by atoms with Gasteiger partial charge in [0.1, 0.15) is 5.69 Å². The zero-order valence-electron chi connectivity index (χ0n) is 20.3. The van der Waals surface area contributed by atoms with Crippen molar-refractivity contribution in [3.05, 3.63) is 40.3 Å². The number of piperidine rings is 2. The normalized spacial score (nSPS) is 24.3. The van der Waals surface area contributed by atoms with Crippen LogP contribution in [0, 0.1) is 5.41 Å². The average molecular weight is 453 g/mol. The molecule has 1 unspecified atom stereocenters. The number of likely N-dealkylation sites (tertiary alicyclic amines) is 2. The predicted molar refractivity (Wildman–Crippen MR) is 135 cm³/mol. The Bertz CT molecular complexity index is 1010. The van der Waals surface area contributed by atoms with Gasteiger partial charge in [0.2, 0.25) is 0 Å². The highest BCUT2D eigenvalue weighted by molar-refractivity contribution is 5.75. The van der Waals surface area contributed by atoms with Crippen LogP contribution in [0.1, 0.15) is 76.8 Å². The van der Waals surface area contributed by atoms with Gasteiger partial charge < -0.3 is 15.2 Å². The highest BCUT2D eigenvalue weighted by atomic mass is 16.1. The summed E-state index contributed by atoms with van der Waals surface area (Å²) in [6.45, 7) is 7.98. The first-order valence-corrected chi connectivity index (χ1v) is 12.8. The average Bonchev–Trinajstić information content (AvgIpc) is 2.81. The van der Waals surface area contributed by atoms with Gasteiger partial charge in [-0.05, 0) is 71.0 Å². The summed E-state index contributed by atoms with van der Waals surface area (Å²) in [5.41, 5.74) is 8.20. The molecule has 2 aliphatic heterocycles. The van der Waals surface area contributed by atoms with Gasteiger partial charge in [0.15, 0.2) is 5.96 Å². The highest BCUT2D eigenvalue weighted by Gasteiger charge is 2.27. The molecule has 33 heavy (non-hydrogen) atoms. The number of nitrogens with zero attached hydrogens (tertiary/aromatic N) is 4. The summed E-state index contributed by atoms with van der Waals surface area (Å²) in [6, 6.07) is 9.35. The number of fused-ring (bicyclic) bond motifs is 1. The van der Waals surface area contributed by atoms with E-state index in [9.17, 15) is 4.79 Å². The van der Waals surface area contributed by atoms with Crippen LogP contribution in [0.3, 0.4) is 0 Å². The molecule has 3 atom stereocenters. The van der Waals surface area contributed by atoms with E-state index in [2.05, 4.69) is 18.7 Å². The summed E-state index contributed by atoms with van der Waals surface area (Å²) in [5, 5.41) is 7.79. The van der Waals surface area contributed by atoms with E-state index in [1.54, 1.807) is 0 Å². The zero-order valence-corrected chi connectivity index (χ0v) is 20.3. The fraction of sp³-hybridized carbons (Fsp3) is 0.654. The predicted octanol–water partition coefficient (Wildman–Crippen LogP) is 3.90. The van der Waals surface area contributed by atoms with E-state index in [-0.39, 0.29) is 17.4 Å². The molecular formula is C26H40N6O. The van der Waals surface area contributed by atoms with E-state index in [1.807, 2.05) is 33.7 Å². The first-order valence-electron chi connectivity index (χ1n) is 12.8. The molecule has 7 heteroatoms. The molecule has 1 aromatic carbocycles. The number of unbranched alkanes of at least 4 members (excludes halogenated alkanes) is 2. The quantitative estimate of drug-likeness (QED) is 0.378. The van der Waals surface area contributed by atoms with Crippen molar-refractivity contribution in [2.24, 2.45) is 5.73 Å². The van der Waals surface area contributed by atoms with E-state index in [4.69, 9.17) is 16.1 Å². The van der Waals surface area contributed by atoms with E-state index in [0.717, 1.165) is 56.4 Å². The van der Waals surface area contributed by atoms with Gasteiger partial charge >= 0.3 is 0 Å². The maximum Gasteiger partial charge on any atom is 0.273 e. The molecule has 0 amide bonds. The zero-order chi connectivity index (χ0) is 23.4. The summed E-state index contributed by atoms with van der Waals surface area (Å²) in [5.74, 6) is 0.103. The number of guanidine groups is 1. The molecule has 3 heterocycles. The molecule has 2 fully saturated rings. The number of benzene rings is 1. The minimum atomic E-state index is 0.0214. The molecule has 4 rings (SSSR count). The second-order valence-electron chi connectivity index (χ2n) is 10.0. The number of hydrogen-bond donors (Lipinski definition) is 2. The van der Waals surface area contributed by atoms with Gasteiger partial charge in [0.25, 0.3) is 5.56 Å². The topological polar surface area (TPSA) is 91.2 Å². The smallest absolute Gasteiger partial charge is 0.273 e. The third-order valence-corrected chi connectivity index (χ3v) is 7.70. The maximum atomic E-state index is 13.5. The molecule has 0 radical (unpaired) electrons. The molecule has 0 saturated carbocycles. The van der Waals surface area contributed by atoms with E-state index < -0.39 is 0 Å². The van der Waals surface area contributed by atoms with Crippen LogP contribution in [0.4, 0.5) is 0 Å². The second kappa shape index (κ2) is 10.7. The fourth-order valence-corrected chi connectivity index (χ4v) is 5.78. The van der Waals surface area contributed by atoms with Crippen molar-refractivity contribution in [2.45, 2.75) is 89.8 Å². The molecule has 0 aliphatic carbocycles. The molecule has 0 bridgehead atoms. The van der Waals surface area contributed by atoms with E-state index in [1.165, 1.54) is 25.7 Å². The van der Waals surface area contributed by atoms with Crippen LogP contribution in [0.5, 0.6) is 0 Å². The van der Waals surface area contributed by atoms with Gasteiger partial charge in [-0.1, -0.05) is 25.0 Å². The lowest BCUT2D eigenvalue weighted by Crippen LogP contribution is -2.44. The summed E-state index contributed by atoms with van der Waals surface area (Å²) in [4.78, 5) is 22.9. The Morgan fingerprint density at radius 1 is 1.06 bits per heavy atom. The summed E-state index contributed by atoms with van der Waals surface area (Å²) in [7, 11) is 0. The summed E-state index contributed by atoms with van der Waals surface area (Å²) >= 11 is 0. The van der Waals surface area contributed by atoms with Crippen molar-refractivity contribution in [1.82, 2.24) is 19.4 Å². The summed E-state index contributed by atoms with van der Waals surface area (Å²) < 4.78 is 1.94. The number of aryl methyl sites for hydroxylation is 1. The Balaban J connectivity index is 1.46. The molecule has 3 N–H and O–H groups in total. The van der Waals surface area contributed by atoms with E-state index >= 15 is 0 Å². The standard InChI is InChI=1S/C26H40N6O/c1-19-10-8-11-20(2)31(19)16-6-3-7-17-32-23-14-5-4-13-22(23)29-24(25(32)33)21-12-9-15-30(18-21)26(27)28/h4-5,13-14,19-21H,3,6-12,15-18H2,1-2H3,(H3,27,28)/t19-,20+,21?. The minimum Gasteiger partial charge on any atom is -0.370 e. The Hall–Kier alpha value is -2.41. The molecule has 2 aromatic rings. The molecule has 2 aliphatic rings. The van der Waals surface area contributed by atoms with Crippen LogP contribution in [-0.4, -0.2) is 57.0 Å². The van der Waals surface area contributed by atoms with Crippen LogP contribution >= 0.6 is 0 Å². The van der Waals surface area contributed by atoms with Crippen LogP contribution in [0.2, 0.25) is 0 Å². The Labute approximate surface area is 197 Å². The summed E-state index contributed by atoms with van der Waals surface area (Å²) in [6.07, 6.45) is 9.10. The van der Waals surface area contributed by atoms with Crippen LogP contribution in [0.25, 0.3) is 11.0 Å². The maximum absolute atomic E-state index is 13.5. The second-order valence-corrected chi connectivity index (χ2v) is 10.0. The molecule has 1 aromatic heterocycles. The third-order valence-electron chi connectivity index (χ3n) is 7.70. The van der Waals surface area contributed by atoms with Gasteiger partial charge in [0.05, 0.1) is 11.0 Å². The SMILES string of the molecule is C[C@@H]1CCC[C@H](C)N1CCCCCn1c(=O)c(C2CCCN(C(=N)N)C2)nc2ccccc21. The first-order chi connectivity index (χ1) is 16.0. The molecule has 7 nitrogen and oxygen atoms in total. The van der Waals surface area contributed by atoms with Gasteiger partial charge in [-0.2, -0.15) is 0 Å². The van der Waals surface area contributed by atoms with Gasteiger partial charge in [-0.25, -0.2) is 4.98 Å². The number of para-hydroxylation sites is 2. The molecular weight excluding hydrogens is 412 g/mol. The third kappa shape index (κ3) is 5.40. The Kier molecular flexibility index (Phi) is 7.68. The van der Waals surface area contributed by atoms with Crippen molar-refractivity contribution in [2.75, 3.05) is 19.6 Å².